The lowest BCUT2D eigenvalue weighted by molar-refractivity contribution is 0.395. The molecular formula is C11H22N4S. The molecule has 0 aliphatic carbocycles. The van der Waals surface area contributed by atoms with E-state index >= 15 is 0 Å². The van der Waals surface area contributed by atoms with Gasteiger partial charge in [0.15, 0.2) is 0 Å². The molecule has 0 amide bonds. The number of nitrogens with zero attached hydrogens (tertiary/aromatic N) is 2. The number of aromatic nitrogens is 3. The molecular weight excluding hydrogens is 220 g/mol. The van der Waals surface area contributed by atoms with Crippen LogP contribution in [0.3, 0.4) is 0 Å². The third-order valence-corrected chi connectivity index (χ3v) is 3.23. The highest BCUT2D eigenvalue weighted by molar-refractivity contribution is 7.99. The van der Waals surface area contributed by atoms with Crippen molar-refractivity contribution >= 4 is 11.8 Å². The van der Waals surface area contributed by atoms with Gasteiger partial charge >= 0.3 is 0 Å². The maximum atomic E-state index is 4.27. The highest BCUT2D eigenvalue weighted by Crippen LogP contribution is 2.16. The second-order valence-electron chi connectivity index (χ2n) is 5.25. The second-order valence-corrected chi connectivity index (χ2v) is 6.24. The van der Waals surface area contributed by atoms with Crippen molar-refractivity contribution in [2.75, 3.05) is 12.3 Å². The number of hydrogen-bond acceptors (Lipinski definition) is 4. The van der Waals surface area contributed by atoms with Crippen LogP contribution in [0, 0.1) is 12.8 Å². The van der Waals surface area contributed by atoms with Crippen LogP contribution in [0.5, 0.6) is 0 Å². The molecule has 16 heavy (non-hydrogen) atoms. The lowest BCUT2D eigenvalue weighted by atomic mass is 10.1. The molecule has 1 heterocycles. The van der Waals surface area contributed by atoms with Crippen LogP contribution >= 0.6 is 11.8 Å². The molecule has 0 bridgehead atoms. The number of H-pyrrole nitrogens is 1. The second kappa shape index (κ2) is 5.68. The summed E-state index contributed by atoms with van der Waals surface area (Å²) in [6.45, 7) is 11.7. The Balaban J connectivity index is 2.22. The van der Waals surface area contributed by atoms with Crippen molar-refractivity contribution in [2.45, 2.75) is 45.3 Å². The minimum atomic E-state index is 0.195. The molecule has 2 N–H and O–H groups in total. The van der Waals surface area contributed by atoms with E-state index in [1.807, 2.05) is 6.92 Å². The average Bonchev–Trinajstić information content (AvgIpc) is 2.57. The zero-order valence-electron chi connectivity index (χ0n) is 10.8. The standard InChI is InChI=1S/C11H22N4S/c1-8(6-12-11(3,4)5)7-16-10-13-9(2)14-15-10/h8,12H,6-7H2,1-5H3,(H,13,14,15). The van der Waals surface area contributed by atoms with Gasteiger partial charge in [-0.15, -0.1) is 5.10 Å². The number of rotatable bonds is 5. The summed E-state index contributed by atoms with van der Waals surface area (Å²) in [7, 11) is 0. The minimum absolute atomic E-state index is 0.195. The molecule has 0 saturated carbocycles. The van der Waals surface area contributed by atoms with Gasteiger partial charge in [-0.2, -0.15) is 0 Å². The number of nitrogens with one attached hydrogen (secondary N) is 2. The maximum Gasteiger partial charge on any atom is 0.208 e. The fourth-order valence-corrected chi connectivity index (χ4v) is 2.01. The van der Waals surface area contributed by atoms with Gasteiger partial charge in [-0.25, -0.2) is 4.98 Å². The molecule has 0 spiro atoms. The first-order valence-electron chi connectivity index (χ1n) is 5.63. The van der Waals surface area contributed by atoms with E-state index in [4.69, 9.17) is 0 Å². The first-order valence-corrected chi connectivity index (χ1v) is 6.62. The van der Waals surface area contributed by atoms with E-state index in [2.05, 4.69) is 48.2 Å². The third-order valence-electron chi connectivity index (χ3n) is 2.05. The Morgan fingerprint density at radius 1 is 1.44 bits per heavy atom. The molecule has 1 atom stereocenters. The number of hydrogen-bond donors (Lipinski definition) is 2. The fourth-order valence-electron chi connectivity index (χ4n) is 1.14. The predicted octanol–water partition coefficient (Wildman–Crippen LogP) is 2.23. The molecule has 1 aromatic rings. The number of aryl methyl sites for hydroxylation is 1. The van der Waals surface area contributed by atoms with Gasteiger partial charge in [-0.1, -0.05) is 18.7 Å². The molecule has 1 rings (SSSR count). The summed E-state index contributed by atoms with van der Waals surface area (Å²) in [4.78, 5) is 4.27. The monoisotopic (exact) mass is 242 g/mol. The Hall–Kier alpha value is -0.550. The van der Waals surface area contributed by atoms with Crippen LogP contribution in [0.1, 0.15) is 33.5 Å². The molecule has 0 radical (unpaired) electrons. The van der Waals surface area contributed by atoms with Crippen molar-refractivity contribution < 1.29 is 0 Å². The van der Waals surface area contributed by atoms with Gasteiger partial charge in [-0.05, 0) is 40.2 Å². The van der Waals surface area contributed by atoms with Crippen LogP contribution in [0.15, 0.2) is 5.16 Å². The van der Waals surface area contributed by atoms with E-state index in [0.717, 1.165) is 23.3 Å². The van der Waals surface area contributed by atoms with Crippen molar-refractivity contribution in [1.29, 1.82) is 0 Å². The largest absolute Gasteiger partial charge is 0.312 e. The van der Waals surface area contributed by atoms with Crippen LogP contribution in [0.25, 0.3) is 0 Å². The van der Waals surface area contributed by atoms with E-state index in [0.29, 0.717) is 5.92 Å². The first-order chi connectivity index (χ1) is 7.37. The van der Waals surface area contributed by atoms with Crippen LogP contribution in [-0.2, 0) is 0 Å². The summed E-state index contributed by atoms with van der Waals surface area (Å²) >= 11 is 1.71. The van der Waals surface area contributed by atoms with E-state index in [-0.39, 0.29) is 5.54 Å². The number of thioether (sulfide) groups is 1. The fraction of sp³-hybridized carbons (Fsp3) is 0.818. The highest BCUT2D eigenvalue weighted by atomic mass is 32.2. The smallest absolute Gasteiger partial charge is 0.208 e. The Morgan fingerprint density at radius 2 is 2.12 bits per heavy atom. The summed E-state index contributed by atoms with van der Waals surface area (Å²) < 4.78 is 0. The van der Waals surface area contributed by atoms with Crippen LogP contribution in [0.2, 0.25) is 0 Å². The molecule has 0 aliphatic heterocycles. The Bertz CT molecular complexity index is 316. The lowest BCUT2D eigenvalue weighted by Crippen LogP contribution is -2.39. The van der Waals surface area contributed by atoms with Gasteiger partial charge in [0.25, 0.3) is 0 Å². The minimum Gasteiger partial charge on any atom is -0.312 e. The van der Waals surface area contributed by atoms with Gasteiger partial charge in [0.1, 0.15) is 5.82 Å². The first kappa shape index (κ1) is 13.5. The van der Waals surface area contributed by atoms with Gasteiger partial charge < -0.3 is 5.32 Å². The Labute approximate surface area is 102 Å². The van der Waals surface area contributed by atoms with Gasteiger partial charge in [-0.3, -0.25) is 5.10 Å². The van der Waals surface area contributed by atoms with Crippen LogP contribution < -0.4 is 5.32 Å². The Morgan fingerprint density at radius 3 is 2.62 bits per heavy atom. The Kier molecular flexibility index (Phi) is 4.80. The molecule has 1 aromatic heterocycles. The van der Waals surface area contributed by atoms with E-state index in [9.17, 15) is 0 Å². The highest BCUT2D eigenvalue weighted by Gasteiger charge is 2.12. The molecule has 1 unspecified atom stereocenters. The van der Waals surface area contributed by atoms with Crippen molar-refractivity contribution in [2.24, 2.45) is 5.92 Å². The van der Waals surface area contributed by atoms with Gasteiger partial charge in [0.05, 0.1) is 0 Å². The van der Waals surface area contributed by atoms with Crippen molar-refractivity contribution in [3.8, 4) is 0 Å². The van der Waals surface area contributed by atoms with Crippen LogP contribution in [0.4, 0.5) is 0 Å². The van der Waals surface area contributed by atoms with E-state index in [1.54, 1.807) is 11.8 Å². The van der Waals surface area contributed by atoms with E-state index < -0.39 is 0 Å². The zero-order valence-corrected chi connectivity index (χ0v) is 11.6. The van der Waals surface area contributed by atoms with Crippen LogP contribution in [-0.4, -0.2) is 33.0 Å². The summed E-state index contributed by atoms with van der Waals surface area (Å²) in [5, 5.41) is 11.3. The van der Waals surface area contributed by atoms with Crippen molar-refractivity contribution in [1.82, 2.24) is 20.5 Å². The summed E-state index contributed by atoms with van der Waals surface area (Å²) in [6.07, 6.45) is 0. The molecule has 92 valence electrons. The van der Waals surface area contributed by atoms with Gasteiger partial charge in [0, 0.05) is 11.3 Å². The maximum absolute atomic E-state index is 4.27. The van der Waals surface area contributed by atoms with E-state index in [1.165, 1.54) is 0 Å². The molecule has 0 fully saturated rings. The molecule has 0 saturated heterocycles. The molecule has 4 nitrogen and oxygen atoms in total. The van der Waals surface area contributed by atoms with Crippen molar-refractivity contribution in [3.63, 3.8) is 0 Å². The topological polar surface area (TPSA) is 53.6 Å². The molecule has 5 heteroatoms. The summed E-state index contributed by atoms with van der Waals surface area (Å²) in [5.74, 6) is 2.53. The predicted molar refractivity (Wildman–Crippen MR) is 68.8 cm³/mol. The zero-order chi connectivity index (χ0) is 12.2. The quantitative estimate of drug-likeness (QED) is 0.777. The van der Waals surface area contributed by atoms with Gasteiger partial charge in [0.2, 0.25) is 5.16 Å². The summed E-state index contributed by atoms with van der Waals surface area (Å²) in [5.41, 5.74) is 0.195. The molecule has 0 aromatic carbocycles. The third kappa shape index (κ3) is 5.51. The summed E-state index contributed by atoms with van der Waals surface area (Å²) in [6, 6.07) is 0. The lowest BCUT2D eigenvalue weighted by Gasteiger charge is -2.23. The van der Waals surface area contributed by atoms with Crippen molar-refractivity contribution in [3.05, 3.63) is 5.82 Å². The average molecular weight is 242 g/mol. The number of aromatic amines is 1. The normalized spacial score (nSPS) is 14.1. The molecule has 0 aliphatic rings. The SMILES string of the molecule is Cc1nc(SCC(C)CNC(C)(C)C)n[nH]1.